The molecule has 100 valence electrons. The van der Waals surface area contributed by atoms with Crippen molar-refractivity contribution in [2.24, 2.45) is 11.7 Å². The zero-order valence-electron chi connectivity index (χ0n) is 11.2. The second-order valence-electron chi connectivity index (χ2n) is 4.71. The molecule has 0 aromatic heterocycles. The van der Waals surface area contributed by atoms with E-state index in [4.69, 9.17) is 19.9 Å². The molecule has 4 heteroatoms. The second kappa shape index (κ2) is 5.48. The first-order chi connectivity index (χ1) is 8.71. The molecule has 0 aliphatic heterocycles. The van der Waals surface area contributed by atoms with Crippen LogP contribution in [0.25, 0.3) is 0 Å². The Labute approximate surface area is 108 Å². The lowest BCUT2D eigenvalue weighted by atomic mass is 10.0. The maximum atomic E-state index is 6.25. The van der Waals surface area contributed by atoms with Crippen LogP contribution in [0.2, 0.25) is 0 Å². The number of benzene rings is 1. The maximum absolute atomic E-state index is 6.25. The van der Waals surface area contributed by atoms with Gasteiger partial charge in [0.2, 0.25) is 5.75 Å². The van der Waals surface area contributed by atoms with Gasteiger partial charge in [-0.05, 0) is 24.5 Å². The Kier molecular flexibility index (Phi) is 3.97. The Morgan fingerprint density at radius 2 is 1.78 bits per heavy atom. The molecular weight excluding hydrogens is 230 g/mol. The first-order valence-corrected chi connectivity index (χ1v) is 6.25. The summed E-state index contributed by atoms with van der Waals surface area (Å²) in [6.45, 7) is 0. The summed E-state index contributed by atoms with van der Waals surface area (Å²) in [5.74, 6) is 2.74. The minimum absolute atomic E-state index is 0.00717. The summed E-state index contributed by atoms with van der Waals surface area (Å²) in [6, 6.07) is 3.84. The van der Waals surface area contributed by atoms with Crippen molar-refractivity contribution in [3.63, 3.8) is 0 Å². The molecule has 0 heterocycles. The summed E-state index contributed by atoms with van der Waals surface area (Å²) < 4.78 is 16.1. The van der Waals surface area contributed by atoms with Gasteiger partial charge in [-0.3, -0.25) is 0 Å². The first kappa shape index (κ1) is 13.0. The van der Waals surface area contributed by atoms with Crippen molar-refractivity contribution >= 4 is 0 Å². The van der Waals surface area contributed by atoms with Crippen molar-refractivity contribution in [3.8, 4) is 17.2 Å². The molecule has 2 N–H and O–H groups in total. The molecule has 18 heavy (non-hydrogen) atoms. The number of methoxy groups -OCH3 is 3. The van der Waals surface area contributed by atoms with Gasteiger partial charge in [-0.2, -0.15) is 0 Å². The van der Waals surface area contributed by atoms with Gasteiger partial charge in [-0.1, -0.05) is 12.8 Å². The van der Waals surface area contributed by atoms with E-state index in [1.807, 2.05) is 12.1 Å². The van der Waals surface area contributed by atoms with Crippen molar-refractivity contribution < 1.29 is 14.2 Å². The zero-order valence-corrected chi connectivity index (χ0v) is 11.2. The number of nitrogens with two attached hydrogens (primary N) is 1. The minimum Gasteiger partial charge on any atom is -0.493 e. The molecule has 1 aliphatic carbocycles. The Morgan fingerprint density at radius 1 is 1.11 bits per heavy atom. The predicted octanol–water partition coefficient (Wildman–Crippen LogP) is 2.51. The highest BCUT2D eigenvalue weighted by Gasteiger charge is 2.27. The summed E-state index contributed by atoms with van der Waals surface area (Å²) in [4.78, 5) is 0. The van der Waals surface area contributed by atoms with E-state index < -0.39 is 0 Å². The van der Waals surface area contributed by atoms with Crippen LogP contribution >= 0.6 is 0 Å². The van der Waals surface area contributed by atoms with Crippen molar-refractivity contribution in [2.75, 3.05) is 21.3 Å². The highest BCUT2D eigenvalue weighted by atomic mass is 16.5. The van der Waals surface area contributed by atoms with E-state index in [1.54, 1.807) is 21.3 Å². The standard InChI is InChI=1S/C14H21NO3/c1-16-12-7-6-10(11(15)8-9-4-5-9)13(17-2)14(12)18-3/h6-7,9,11H,4-5,8,15H2,1-3H3. The second-order valence-corrected chi connectivity index (χ2v) is 4.71. The smallest absolute Gasteiger partial charge is 0.203 e. The average Bonchev–Trinajstić information content (AvgIpc) is 3.20. The van der Waals surface area contributed by atoms with Crippen molar-refractivity contribution in [2.45, 2.75) is 25.3 Å². The molecule has 0 bridgehead atoms. The Hall–Kier alpha value is -1.42. The van der Waals surface area contributed by atoms with E-state index >= 15 is 0 Å². The van der Waals surface area contributed by atoms with Gasteiger partial charge in [0.15, 0.2) is 11.5 Å². The van der Waals surface area contributed by atoms with E-state index in [-0.39, 0.29) is 6.04 Å². The lowest BCUT2D eigenvalue weighted by Crippen LogP contribution is -2.13. The molecule has 0 saturated heterocycles. The van der Waals surface area contributed by atoms with Gasteiger partial charge in [0.1, 0.15) is 0 Å². The fourth-order valence-electron chi connectivity index (χ4n) is 2.26. The first-order valence-electron chi connectivity index (χ1n) is 6.25. The lowest BCUT2D eigenvalue weighted by molar-refractivity contribution is 0.320. The normalized spacial score (nSPS) is 16.2. The van der Waals surface area contributed by atoms with Crippen molar-refractivity contribution in [1.82, 2.24) is 0 Å². The van der Waals surface area contributed by atoms with Gasteiger partial charge in [-0.15, -0.1) is 0 Å². The van der Waals surface area contributed by atoms with Gasteiger partial charge in [0.05, 0.1) is 21.3 Å². The van der Waals surface area contributed by atoms with Gasteiger partial charge < -0.3 is 19.9 Å². The summed E-state index contributed by atoms with van der Waals surface area (Å²) in [7, 11) is 4.85. The molecule has 1 aromatic carbocycles. The van der Waals surface area contributed by atoms with Crippen LogP contribution in [0.3, 0.4) is 0 Å². The minimum atomic E-state index is -0.00717. The van der Waals surface area contributed by atoms with Crippen LogP contribution in [-0.2, 0) is 0 Å². The van der Waals surface area contributed by atoms with E-state index in [0.29, 0.717) is 17.2 Å². The molecule has 4 nitrogen and oxygen atoms in total. The average molecular weight is 251 g/mol. The highest BCUT2D eigenvalue weighted by molar-refractivity contribution is 5.56. The van der Waals surface area contributed by atoms with E-state index in [9.17, 15) is 0 Å². The predicted molar refractivity (Wildman–Crippen MR) is 70.4 cm³/mol. The molecule has 0 radical (unpaired) electrons. The van der Waals surface area contributed by atoms with Crippen molar-refractivity contribution in [3.05, 3.63) is 17.7 Å². The van der Waals surface area contributed by atoms with Crippen LogP contribution in [0, 0.1) is 5.92 Å². The molecule has 1 saturated carbocycles. The Bertz CT molecular complexity index is 416. The topological polar surface area (TPSA) is 53.7 Å². The number of ether oxygens (including phenoxy) is 3. The summed E-state index contributed by atoms with van der Waals surface area (Å²) in [5, 5.41) is 0. The molecule has 1 fully saturated rings. The fraction of sp³-hybridized carbons (Fsp3) is 0.571. The SMILES string of the molecule is COc1ccc(C(N)CC2CC2)c(OC)c1OC. The molecule has 1 unspecified atom stereocenters. The van der Waals surface area contributed by atoms with E-state index in [0.717, 1.165) is 17.9 Å². The quantitative estimate of drug-likeness (QED) is 0.844. The van der Waals surface area contributed by atoms with Gasteiger partial charge >= 0.3 is 0 Å². The maximum Gasteiger partial charge on any atom is 0.203 e. The highest BCUT2D eigenvalue weighted by Crippen LogP contribution is 2.44. The van der Waals surface area contributed by atoms with Crippen LogP contribution in [0.1, 0.15) is 30.9 Å². The Morgan fingerprint density at radius 3 is 2.28 bits per heavy atom. The summed E-state index contributed by atoms with van der Waals surface area (Å²) in [5.41, 5.74) is 7.24. The molecule has 1 aliphatic rings. The van der Waals surface area contributed by atoms with Gasteiger partial charge in [0.25, 0.3) is 0 Å². The van der Waals surface area contributed by atoms with Crippen LogP contribution in [0.5, 0.6) is 17.2 Å². The van der Waals surface area contributed by atoms with Gasteiger partial charge in [0, 0.05) is 11.6 Å². The molecule has 2 rings (SSSR count). The largest absolute Gasteiger partial charge is 0.493 e. The Balaban J connectivity index is 2.33. The van der Waals surface area contributed by atoms with E-state index in [1.165, 1.54) is 12.8 Å². The third-order valence-corrected chi connectivity index (χ3v) is 3.42. The number of rotatable bonds is 6. The van der Waals surface area contributed by atoms with Crippen molar-refractivity contribution in [1.29, 1.82) is 0 Å². The monoisotopic (exact) mass is 251 g/mol. The fourth-order valence-corrected chi connectivity index (χ4v) is 2.26. The van der Waals surface area contributed by atoms with Crippen LogP contribution in [-0.4, -0.2) is 21.3 Å². The number of hydrogen-bond acceptors (Lipinski definition) is 4. The zero-order chi connectivity index (χ0) is 13.1. The lowest BCUT2D eigenvalue weighted by Gasteiger charge is -2.19. The van der Waals surface area contributed by atoms with Crippen LogP contribution in [0.4, 0.5) is 0 Å². The summed E-state index contributed by atoms with van der Waals surface area (Å²) in [6.07, 6.45) is 3.60. The third kappa shape index (κ3) is 2.53. The third-order valence-electron chi connectivity index (χ3n) is 3.42. The van der Waals surface area contributed by atoms with Gasteiger partial charge in [-0.25, -0.2) is 0 Å². The van der Waals surface area contributed by atoms with Crippen LogP contribution in [0.15, 0.2) is 12.1 Å². The van der Waals surface area contributed by atoms with E-state index in [2.05, 4.69) is 0 Å². The molecule has 0 amide bonds. The molecule has 0 spiro atoms. The molecule has 1 atom stereocenters. The molecular formula is C14H21NO3. The molecule has 1 aromatic rings. The van der Waals surface area contributed by atoms with Crippen LogP contribution < -0.4 is 19.9 Å². The number of hydrogen-bond donors (Lipinski definition) is 1. The summed E-state index contributed by atoms with van der Waals surface area (Å²) >= 11 is 0.